The van der Waals surface area contributed by atoms with Crippen LogP contribution in [0, 0.1) is 0 Å². The molecule has 11 heteroatoms. The average molecular weight is 453 g/mol. The van der Waals surface area contributed by atoms with Crippen LogP contribution in [-0.4, -0.2) is 44.1 Å². The molecule has 7 nitrogen and oxygen atoms in total. The summed E-state index contributed by atoms with van der Waals surface area (Å²) in [6, 6.07) is 8.96. The second-order valence-corrected chi connectivity index (χ2v) is 7.06. The number of pyridine rings is 1. The average Bonchev–Trinajstić information content (AvgIpc) is 2.73. The Hall–Kier alpha value is -3.24. The number of carbonyl (C=O) groups excluding carboxylic acids is 1. The van der Waals surface area contributed by atoms with Gasteiger partial charge in [-0.3, -0.25) is 14.6 Å². The summed E-state index contributed by atoms with van der Waals surface area (Å²) in [5.74, 6) is -1.09. The number of carbonyl (C=O) groups is 1. The normalized spacial score (nSPS) is 13.5. The zero-order valence-electron chi connectivity index (χ0n) is 16.0. The van der Waals surface area contributed by atoms with Gasteiger partial charge in [-0.1, -0.05) is 23.7 Å². The molecule has 0 aliphatic carbocycles. The number of aliphatic hydroxyl groups excluding tert-OH is 1. The van der Waals surface area contributed by atoms with E-state index in [-0.39, 0.29) is 11.4 Å². The molecular formula is C20H16ClF3N4O3. The molecule has 1 amide bonds. The van der Waals surface area contributed by atoms with Gasteiger partial charge >= 0.3 is 6.18 Å². The Morgan fingerprint density at radius 1 is 1.23 bits per heavy atom. The van der Waals surface area contributed by atoms with Crippen LogP contribution < -0.4 is 10.9 Å². The van der Waals surface area contributed by atoms with E-state index in [9.17, 15) is 27.9 Å². The molecule has 2 unspecified atom stereocenters. The summed E-state index contributed by atoms with van der Waals surface area (Å²) in [6.45, 7) is 0.983. The molecular weight excluding hydrogens is 437 g/mol. The molecule has 2 heterocycles. The van der Waals surface area contributed by atoms with Gasteiger partial charge in [0.25, 0.3) is 11.5 Å². The quantitative estimate of drug-likeness (QED) is 0.620. The number of aliphatic hydroxyl groups is 1. The van der Waals surface area contributed by atoms with Gasteiger partial charge in [0.15, 0.2) is 6.10 Å². The molecule has 0 aliphatic rings. The summed E-state index contributed by atoms with van der Waals surface area (Å²) in [7, 11) is 0. The highest BCUT2D eigenvalue weighted by Gasteiger charge is 2.42. The molecule has 0 aliphatic heterocycles. The zero-order valence-corrected chi connectivity index (χ0v) is 16.7. The molecule has 162 valence electrons. The standard InChI is InChI=1S/C20H16ClF3N4O3/c1-11(17(29)20(22,23)24)26-18(30)15-9-16(12-4-6-13(21)7-5-12)27-28(19(15)31)14-3-2-8-25-10-14/h2-11,17,29H,1H3,(H,26,30). The van der Waals surface area contributed by atoms with Gasteiger partial charge in [-0.05, 0) is 37.3 Å². The summed E-state index contributed by atoms with van der Waals surface area (Å²) < 4.78 is 39.1. The van der Waals surface area contributed by atoms with E-state index in [0.29, 0.717) is 10.6 Å². The van der Waals surface area contributed by atoms with Crippen LogP contribution in [-0.2, 0) is 0 Å². The van der Waals surface area contributed by atoms with Crippen molar-refractivity contribution in [1.82, 2.24) is 20.1 Å². The van der Waals surface area contributed by atoms with Crippen molar-refractivity contribution < 1.29 is 23.1 Å². The molecule has 0 saturated carbocycles. The Balaban J connectivity index is 2.08. The highest BCUT2D eigenvalue weighted by Crippen LogP contribution is 2.23. The number of aromatic nitrogens is 3. The molecule has 0 saturated heterocycles. The van der Waals surface area contributed by atoms with Crippen LogP contribution in [0.25, 0.3) is 16.9 Å². The molecule has 0 bridgehead atoms. The SMILES string of the molecule is CC(NC(=O)c1cc(-c2ccc(Cl)cc2)nn(-c2cccnc2)c1=O)C(O)C(F)(F)F. The first kappa shape index (κ1) is 22.4. The van der Waals surface area contributed by atoms with E-state index in [1.165, 1.54) is 24.5 Å². The monoisotopic (exact) mass is 452 g/mol. The van der Waals surface area contributed by atoms with Crippen molar-refractivity contribution in [2.24, 2.45) is 0 Å². The summed E-state index contributed by atoms with van der Waals surface area (Å²) in [4.78, 5) is 29.5. The van der Waals surface area contributed by atoms with Gasteiger partial charge in [0.1, 0.15) is 5.56 Å². The molecule has 0 radical (unpaired) electrons. The smallest absolute Gasteiger partial charge is 0.382 e. The lowest BCUT2D eigenvalue weighted by molar-refractivity contribution is -0.209. The number of hydrogen-bond donors (Lipinski definition) is 2. The van der Waals surface area contributed by atoms with Crippen LogP contribution in [0.4, 0.5) is 13.2 Å². The number of nitrogens with zero attached hydrogens (tertiary/aromatic N) is 3. The van der Waals surface area contributed by atoms with Gasteiger partial charge in [0.05, 0.1) is 23.6 Å². The van der Waals surface area contributed by atoms with E-state index in [0.717, 1.165) is 11.6 Å². The summed E-state index contributed by atoms with van der Waals surface area (Å²) >= 11 is 5.89. The number of amides is 1. The molecule has 0 spiro atoms. The maximum absolute atomic E-state index is 12.9. The summed E-state index contributed by atoms with van der Waals surface area (Å²) in [5, 5.41) is 16.1. The fourth-order valence-electron chi connectivity index (χ4n) is 2.72. The van der Waals surface area contributed by atoms with Crippen LogP contribution in [0.15, 0.2) is 59.7 Å². The van der Waals surface area contributed by atoms with Crippen LogP contribution in [0.2, 0.25) is 5.02 Å². The molecule has 2 atom stereocenters. The van der Waals surface area contributed by atoms with Crippen LogP contribution in [0.5, 0.6) is 0 Å². The van der Waals surface area contributed by atoms with E-state index in [1.54, 1.807) is 30.3 Å². The third-order valence-corrected chi connectivity index (χ3v) is 4.61. The van der Waals surface area contributed by atoms with Crippen molar-refractivity contribution in [2.75, 3.05) is 0 Å². The van der Waals surface area contributed by atoms with Gasteiger partial charge in [-0.25, -0.2) is 0 Å². The molecule has 1 aromatic carbocycles. The van der Waals surface area contributed by atoms with Crippen molar-refractivity contribution in [3.05, 3.63) is 75.8 Å². The van der Waals surface area contributed by atoms with Crippen molar-refractivity contribution >= 4 is 17.5 Å². The number of rotatable bonds is 5. The maximum Gasteiger partial charge on any atom is 0.416 e. The van der Waals surface area contributed by atoms with E-state index >= 15 is 0 Å². The van der Waals surface area contributed by atoms with E-state index in [4.69, 9.17) is 11.6 Å². The van der Waals surface area contributed by atoms with Gasteiger partial charge < -0.3 is 10.4 Å². The Labute approximate surface area is 179 Å². The Morgan fingerprint density at radius 3 is 2.48 bits per heavy atom. The van der Waals surface area contributed by atoms with Gasteiger partial charge in [-0.15, -0.1) is 0 Å². The molecule has 0 fully saturated rings. The number of hydrogen-bond acceptors (Lipinski definition) is 5. The fourth-order valence-corrected chi connectivity index (χ4v) is 2.85. The Morgan fingerprint density at radius 2 is 1.90 bits per heavy atom. The van der Waals surface area contributed by atoms with Crippen molar-refractivity contribution in [3.8, 4) is 16.9 Å². The van der Waals surface area contributed by atoms with Gasteiger partial charge in [0.2, 0.25) is 0 Å². The minimum absolute atomic E-state index is 0.203. The number of nitrogens with one attached hydrogen (secondary N) is 1. The van der Waals surface area contributed by atoms with Crippen molar-refractivity contribution in [2.45, 2.75) is 25.2 Å². The topological polar surface area (TPSA) is 97.1 Å². The van der Waals surface area contributed by atoms with Crippen molar-refractivity contribution in [3.63, 3.8) is 0 Å². The minimum Gasteiger partial charge on any atom is -0.382 e. The number of halogens is 4. The largest absolute Gasteiger partial charge is 0.416 e. The Bertz CT molecular complexity index is 1140. The second-order valence-electron chi connectivity index (χ2n) is 6.63. The third kappa shape index (κ3) is 5.09. The van der Waals surface area contributed by atoms with E-state index < -0.39 is 35.4 Å². The number of alkyl halides is 3. The zero-order chi connectivity index (χ0) is 22.8. The number of benzene rings is 1. The minimum atomic E-state index is -4.94. The van der Waals surface area contributed by atoms with E-state index in [1.807, 2.05) is 5.32 Å². The first-order chi connectivity index (χ1) is 14.6. The van der Waals surface area contributed by atoms with Crippen molar-refractivity contribution in [1.29, 1.82) is 0 Å². The second kappa shape index (κ2) is 8.86. The first-order valence-corrected chi connectivity index (χ1v) is 9.32. The Kier molecular flexibility index (Phi) is 6.42. The summed E-state index contributed by atoms with van der Waals surface area (Å²) in [6.07, 6.45) is -4.91. The highest BCUT2D eigenvalue weighted by molar-refractivity contribution is 6.30. The predicted molar refractivity (Wildman–Crippen MR) is 107 cm³/mol. The molecule has 2 N–H and O–H groups in total. The lowest BCUT2D eigenvalue weighted by Crippen LogP contribution is -2.49. The lowest BCUT2D eigenvalue weighted by Gasteiger charge is -2.22. The van der Waals surface area contributed by atoms with Gasteiger partial charge in [0, 0.05) is 16.8 Å². The maximum atomic E-state index is 12.9. The molecule has 31 heavy (non-hydrogen) atoms. The van der Waals surface area contributed by atoms with Gasteiger partial charge in [-0.2, -0.15) is 23.0 Å². The molecule has 3 rings (SSSR count). The predicted octanol–water partition coefficient (Wildman–Crippen LogP) is 2.99. The highest BCUT2D eigenvalue weighted by atomic mass is 35.5. The lowest BCUT2D eigenvalue weighted by atomic mass is 10.1. The molecule has 2 aromatic heterocycles. The fraction of sp³-hybridized carbons (Fsp3) is 0.200. The van der Waals surface area contributed by atoms with Crippen LogP contribution >= 0.6 is 11.6 Å². The first-order valence-electron chi connectivity index (χ1n) is 8.94. The third-order valence-electron chi connectivity index (χ3n) is 4.35. The van der Waals surface area contributed by atoms with E-state index in [2.05, 4.69) is 10.1 Å². The molecule has 3 aromatic rings. The van der Waals surface area contributed by atoms with Crippen LogP contribution in [0.1, 0.15) is 17.3 Å². The van der Waals surface area contributed by atoms with Crippen LogP contribution in [0.3, 0.4) is 0 Å². The summed E-state index contributed by atoms with van der Waals surface area (Å²) in [5.41, 5.74) is -0.351.